The van der Waals surface area contributed by atoms with Gasteiger partial charge in [0.15, 0.2) is 0 Å². The summed E-state index contributed by atoms with van der Waals surface area (Å²) in [6.45, 7) is 8.05. The minimum atomic E-state index is -0.172. The third kappa shape index (κ3) is 3.34. The number of aryl methyl sites for hydroxylation is 1. The van der Waals surface area contributed by atoms with Gasteiger partial charge in [0.25, 0.3) is 0 Å². The van der Waals surface area contributed by atoms with Crippen molar-refractivity contribution in [3.63, 3.8) is 0 Å². The molecule has 2 rings (SSSR count). The molecule has 1 aliphatic heterocycles. The molecule has 1 aliphatic rings. The summed E-state index contributed by atoms with van der Waals surface area (Å²) in [5, 5.41) is 7.13. The fourth-order valence-corrected chi connectivity index (χ4v) is 2.62. The van der Waals surface area contributed by atoms with Crippen LogP contribution in [-0.4, -0.2) is 50.2 Å². The molecule has 3 N–H and O–H groups in total. The lowest BCUT2D eigenvalue weighted by atomic mass is 10.1. The number of amides is 1. The number of likely N-dealkylation sites (tertiary alicyclic amines) is 1. The highest BCUT2D eigenvalue weighted by molar-refractivity contribution is 5.82. The second-order valence-electron chi connectivity index (χ2n) is 5.60. The summed E-state index contributed by atoms with van der Waals surface area (Å²) in [5.41, 5.74) is 6.02. The van der Waals surface area contributed by atoms with E-state index in [-0.39, 0.29) is 24.0 Å². The Morgan fingerprint density at radius 1 is 1.60 bits per heavy atom. The molecule has 0 aromatic carbocycles. The lowest BCUT2D eigenvalue weighted by Gasteiger charge is -2.24. The van der Waals surface area contributed by atoms with E-state index in [0.717, 1.165) is 12.4 Å². The third-order valence-electron chi connectivity index (χ3n) is 3.51. The van der Waals surface area contributed by atoms with Crippen molar-refractivity contribution in [1.29, 1.82) is 0 Å². The molecule has 1 amide bonds. The van der Waals surface area contributed by atoms with Gasteiger partial charge in [0.2, 0.25) is 5.91 Å². The summed E-state index contributed by atoms with van der Waals surface area (Å²) < 4.78 is 1.85. The SMILES string of the molecule is CCn1ncnc1CN1C[C@H](N)C[C@H]1C(=O)NC(C)C. The Bertz CT molecular complexity index is 457. The van der Waals surface area contributed by atoms with Crippen molar-refractivity contribution in [2.24, 2.45) is 5.73 Å². The highest BCUT2D eigenvalue weighted by Gasteiger charge is 2.35. The molecular weight excluding hydrogens is 256 g/mol. The van der Waals surface area contributed by atoms with Crippen molar-refractivity contribution in [3.05, 3.63) is 12.2 Å². The van der Waals surface area contributed by atoms with Crippen LogP contribution in [0, 0.1) is 0 Å². The van der Waals surface area contributed by atoms with Crippen LogP contribution in [0.4, 0.5) is 0 Å². The van der Waals surface area contributed by atoms with Crippen molar-refractivity contribution in [2.45, 2.75) is 58.4 Å². The normalized spacial score (nSPS) is 23.4. The van der Waals surface area contributed by atoms with Crippen molar-refractivity contribution in [2.75, 3.05) is 6.54 Å². The molecule has 0 unspecified atom stereocenters. The summed E-state index contributed by atoms with van der Waals surface area (Å²) in [6.07, 6.45) is 2.25. The van der Waals surface area contributed by atoms with E-state index in [1.807, 2.05) is 25.5 Å². The lowest BCUT2D eigenvalue weighted by Crippen LogP contribution is -2.45. The maximum absolute atomic E-state index is 12.2. The number of nitrogens with one attached hydrogen (secondary N) is 1. The van der Waals surface area contributed by atoms with Crippen molar-refractivity contribution < 1.29 is 4.79 Å². The van der Waals surface area contributed by atoms with Crippen LogP contribution in [0.25, 0.3) is 0 Å². The summed E-state index contributed by atoms with van der Waals surface area (Å²) in [6, 6.07) is 0.00536. The first-order valence-corrected chi connectivity index (χ1v) is 7.18. The topological polar surface area (TPSA) is 89.1 Å². The molecule has 1 fully saturated rings. The van der Waals surface area contributed by atoms with E-state index < -0.39 is 0 Å². The fraction of sp³-hybridized carbons (Fsp3) is 0.769. The van der Waals surface area contributed by atoms with Crippen LogP contribution in [-0.2, 0) is 17.9 Å². The maximum atomic E-state index is 12.2. The second kappa shape index (κ2) is 6.32. The Morgan fingerprint density at radius 2 is 2.35 bits per heavy atom. The number of rotatable bonds is 5. The quantitative estimate of drug-likeness (QED) is 0.774. The smallest absolute Gasteiger partial charge is 0.237 e. The largest absolute Gasteiger partial charge is 0.353 e. The van der Waals surface area contributed by atoms with E-state index in [4.69, 9.17) is 5.73 Å². The van der Waals surface area contributed by atoms with Crippen LogP contribution >= 0.6 is 0 Å². The minimum absolute atomic E-state index is 0.0379. The maximum Gasteiger partial charge on any atom is 0.237 e. The molecule has 0 radical (unpaired) electrons. The standard InChI is InChI=1S/C13H24N6O/c1-4-19-12(15-8-16-19)7-18-6-10(14)5-11(18)13(20)17-9(2)3/h8-11H,4-7,14H2,1-3H3,(H,17,20)/t10-,11+/m1/s1. The minimum Gasteiger partial charge on any atom is -0.353 e. The van der Waals surface area contributed by atoms with Crippen molar-refractivity contribution >= 4 is 5.91 Å². The average molecular weight is 280 g/mol. The van der Waals surface area contributed by atoms with Crippen molar-refractivity contribution in [1.82, 2.24) is 25.0 Å². The first-order valence-electron chi connectivity index (χ1n) is 7.18. The molecule has 1 aromatic heterocycles. The number of aromatic nitrogens is 3. The number of nitrogens with zero attached hydrogens (tertiary/aromatic N) is 4. The number of nitrogens with two attached hydrogens (primary N) is 1. The van der Waals surface area contributed by atoms with Crippen LogP contribution in [0.1, 0.15) is 33.0 Å². The first kappa shape index (κ1) is 14.9. The molecule has 2 atom stereocenters. The van der Waals surface area contributed by atoms with E-state index in [1.165, 1.54) is 0 Å². The number of carbonyl (C=O) groups excluding carboxylic acids is 1. The summed E-state index contributed by atoms with van der Waals surface area (Å²) >= 11 is 0. The average Bonchev–Trinajstić information content (AvgIpc) is 2.95. The van der Waals surface area contributed by atoms with E-state index >= 15 is 0 Å². The zero-order valence-electron chi connectivity index (χ0n) is 12.4. The second-order valence-corrected chi connectivity index (χ2v) is 5.60. The summed E-state index contributed by atoms with van der Waals surface area (Å²) in [7, 11) is 0. The zero-order valence-corrected chi connectivity index (χ0v) is 12.4. The van der Waals surface area contributed by atoms with Gasteiger partial charge in [-0.05, 0) is 27.2 Å². The lowest BCUT2D eigenvalue weighted by molar-refractivity contribution is -0.126. The molecule has 1 saturated heterocycles. The molecule has 0 spiro atoms. The molecule has 0 saturated carbocycles. The highest BCUT2D eigenvalue weighted by Crippen LogP contribution is 2.19. The van der Waals surface area contributed by atoms with Crippen LogP contribution in [0.15, 0.2) is 6.33 Å². The summed E-state index contributed by atoms with van der Waals surface area (Å²) in [4.78, 5) is 18.6. The van der Waals surface area contributed by atoms with E-state index in [9.17, 15) is 4.79 Å². The number of hydrogen-bond donors (Lipinski definition) is 2. The Balaban J connectivity index is 2.06. The van der Waals surface area contributed by atoms with Gasteiger partial charge in [-0.2, -0.15) is 5.10 Å². The first-order chi connectivity index (χ1) is 9.51. The molecule has 0 bridgehead atoms. The van der Waals surface area contributed by atoms with Crippen LogP contribution < -0.4 is 11.1 Å². The van der Waals surface area contributed by atoms with Gasteiger partial charge in [0.05, 0.1) is 12.6 Å². The van der Waals surface area contributed by atoms with Gasteiger partial charge in [-0.25, -0.2) is 9.67 Å². The molecule has 1 aromatic rings. The Morgan fingerprint density at radius 3 is 3.00 bits per heavy atom. The van der Waals surface area contributed by atoms with E-state index in [0.29, 0.717) is 19.5 Å². The predicted octanol–water partition coefficient (Wildman–Crippen LogP) is -0.276. The molecule has 7 heteroatoms. The number of hydrogen-bond acceptors (Lipinski definition) is 5. The number of carbonyl (C=O) groups is 1. The molecule has 2 heterocycles. The van der Waals surface area contributed by atoms with Gasteiger partial charge in [0.1, 0.15) is 12.2 Å². The molecule has 0 aliphatic carbocycles. The zero-order chi connectivity index (χ0) is 14.7. The van der Waals surface area contributed by atoms with E-state index in [2.05, 4.69) is 20.3 Å². The van der Waals surface area contributed by atoms with Gasteiger partial charge < -0.3 is 11.1 Å². The molecule has 7 nitrogen and oxygen atoms in total. The van der Waals surface area contributed by atoms with Gasteiger partial charge >= 0.3 is 0 Å². The van der Waals surface area contributed by atoms with Gasteiger partial charge in [-0.3, -0.25) is 9.69 Å². The van der Waals surface area contributed by atoms with E-state index in [1.54, 1.807) is 6.33 Å². The Hall–Kier alpha value is -1.47. The van der Waals surface area contributed by atoms with Crippen LogP contribution in [0.2, 0.25) is 0 Å². The fourth-order valence-electron chi connectivity index (χ4n) is 2.62. The third-order valence-corrected chi connectivity index (χ3v) is 3.51. The van der Waals surface area contributed by atoms with Crippen molar-refractivity contribution in [3.8, 4) is 0 Å². The molecule has 20 heavy (non-hydrogen) atoms. The predicted molar refractivity (Wildman–Crippen MR) is 75.8 cm³/mol. The summed E-state index contributed by atoms with van der Waals surface area (Å²) in [5.74, 6) is 0.930. The Kier molecular flexibility index (Phi) is 4.72. The van der Waals surface area contributed by atoms with Gasteiger partial charge in [-0.15, -0.1) is 0 Å². The van der Waals surface area contributed by atoms with Gasteiger partial charge in [0, 0.05) is 25.2 Å². The molecule has 112 valence electrons. The van der Waals surface area contributed by atoms with Gasteiger partial charge in [-0.1, -0.05) is 0 Å². The highest BCUT2D eigenvalue weighted by atomic mass is 16.2. The monoisotopic (exact) mass is 280 g/mol. The Labute approximate surface area is 119 Å². The molecular formula is C13H24N6O. The van der Waals surface area contributed by atoms with Crippen LogP contribution in [0.3, 0.4) is 0 Å². The van der Waals surface area contributed by atoms with Crippen LogP contribution in [0.5, 0.6) is 0 Å².